The minimum Gasteiger partial charge on any atom is -0.460 e. The highest BCUT2D eigenvalue weighted by Crippen LogP contribution is 2.23. The highest BCUT2D eigenvalue weighted by molar-refractivity contribution is 9.10. The zero-order chi connectivity index (χ0) is 21.5. The molecule has 1 heterocycles. The van der Waals surface area contributed by atoms with E-state index in [1.54, 1.807) is 37.4 Å². The molecule has 2 aromatic carbocycles. The summed E-state index contributed by atoms with van der Waals surface area (Å²) in [6, 6.07) is 19.0. The maximum atomic E-state index is 12.6. The predicted molar refractivity (Wildman–Crippen MR) is 114 cm³/mol. The quantitative estimate of drug-likeness (QED) is 0.530. The maximum Gasteiger partial charge on any atom is 0.325 e. The number of halogens is 1. The van der Waals surface area contributed by atoms with Crippen LogP contribution in [0.4, 0.5) is 5.69 Å². The van der Waals surface area contributed by atoms with Gasteiger partial charge in [0.1, 0.15) is 13.2 Å². The first kappa shape index (κ1) is 21.3. The number of hydrogen-bond acceptors (Lipinski definition) is 5. The van der Waals surface area contributed by atoms with Crippen LogP contribution in [0.5, 0.6) is 0 Å². The smallest absolute Gasteiger partial charge is 0.325 e. The second kappa shape index (κ2) is 9.89. The highest BCUT2D eigenvalue weighted by Gasteiger charge is 2.22. The van der Waals surface area contributed by atoms with Crippen molar-refractivity contribution in [2.75, 3.05) is 18.5 Å². The summed E-state index contributed by atoms with van der Waals surface area (Å²) >= 11 is 3.16. The normalized spacial score (nSPS) is 10.3. The molecule has 154 valence electrons. The van der Waals surface area contributed by atoms with Crippen LogP contribution in [0.25, 0.3) is 0 Å². The Balaban J connectivity index is 1.62. The van der Waals surface area contributed by atoms with E-state index in [0.717, 1.165) is 5.56 Å². The Hall–Kier alpha value is -3.39. The van der Waals surface area contributed by atoms with Crippen molar-refractivity contribution >= 4 is 39.4 Å². The van der Waals surface area contributed by atoms with Crippen molar-refractivity contribution in [1.29, 1.82) is 0 Å². The molecule has 0 bridgehead atoms. The molecule has 0 aliphatic heterocycles. The molecule has 0 spiro atoms. The lowest BCUT2D eigenvalue weighted by atomic mass is 10.1. The summed E-state index contributed by atoms with van der Waals surface area (Å²) in [6.45, 7) is -0.162. The number of nitrogens with zero attached hydrogens (tertiary/aromatic N) is 1. The van der Waals surface area contributed by atoms with Gasteiger partial charge in [0, 0.05) is 7.05 Å². The molecule has 0 atom stereocenters. The lowest BCUT2D eigenvalue weighted by Gasteiger charge is -2.19. The maximum absolute atomic E-state index is 12.6. The molecule has 2 amide bonds. The summed E-state index contributed by atoms with van der Waals surface area (Å²) in [4.78, 5) is 38.5. The number of nitrogens with one attached hydrogen (secondary N) is 1. The summed E-state index contributed by atoms with van der Waals surface area (Å²) < 4.78 is 10.9. The molecule has 0 unspecified atom stereocenters. The Bertz CT molecular complexity index is 1050. The Morgan fingerprint density at radius 1 is 1.00 bits per heavy atom. The van der Waals surface area contributed by atoms with Crippen LogP contribution in [0.1, 0.15) is 26.5 Å². The van der Waals surface area contributed by atoms with Gasteiger partial charge in [-0.05, 0) is 45.8 Å². The Morgan fingerprint density at radius 3 is 2.40 bits per heavy atom. The zero-order valence-corrected chi connectivity index (χ0v) is 17.7. The summed E-state index contributed by atoms with van der Waals surface area (Å²) in [5.74, 6) is -1.34. The minimum absolute atomic E-state index is 0.127. The fourth-order valence-electron chi connectivity index (χ4n) is 2.70. The molecule has 0 saturated carbocycles. The van der Waals surface area contributed by atoms with Gasteiger partial charge in [-0.2, -0.15) is 0 Å². The van der Waals surface area contributed by atoms with Crippen LogP contribution in [-0.2, 0) is 16.1 Å². The van der Waals surface area contributed by atoms with E-state index in [1.165, 1.54) is 11.0 Å². The first-order valence-corrected chi connectivity index (χ1v) is 9.85. The number of furan rings is 1. The van der Waals surface area contributed by atoms with Crippen LogP contribution in [0.15, 0.2) is 75.8 Å². The third-order valence-corrected chi connectivity index (χ3v) is 4.66. The van der Waals surface area contributed by atoms with Crippen LogP contribution in [0, 0.1) is 0 Å². The van der Waals surface area contributed by atoms with E-state index in [0.29, 0.717) is 10.4 Å². The first-order chi connectivity index (χ1) is 14.5. The van der Waals surface area contributed by atoms with Crippen molar-refractivity contribution < 1.29 is 23.5 Å². The van der Waals surface area contributed by atoms with Gasteiger partial charge < -0.3 is 19.4 Å². The van der Waals surface area contributed by atoms with Crippen molar-refractivity contribution in [3.8, 4) is 0 Å². The SMILES string of the molecule is CN(C(=O)c1ccc(Br)o1)c1ccccc1C(=O)NCC(=O)OCc1ccccc1. The molecule has 3 rings (SSSR count). The number of anilines is 1. The number of amides is 2. The van der Waals surface area contributed by atoms with E-state index in [4.69, 9.17) is 9.15 Å². The number of rotatable bonds is 7. The van der Waals surface area contributed by atoms with Gasteiger partial charge in [0.25, 0.3) is 11.8 Å². The van der Waals surface area contributed by atoms with E-state index >= 15 is 0 Å². The van der Waals surface area contributed by atoms with E-state index < -0.39 is 17.8 Å². The van der Waals surface area contributed by atoms with E-state index in [2.05, 4.69) is 21.2 Å². The number of carbonyl (C=O) groups excluding carboxylic acids is 3. The number of hydrogen-bond donors (Lipinski definition) is 1. The molecule has 30 heavy (non-hydrogen) atoms. The molecule has 3 aromatic rings. The predicted octanol–water partition coefficient (Wildman–Crippen LogP) is 3.79. The highest BCUT2D eigenvalue weighted by atomic mass is 79.9. The lowest BCUT2D eigenvalue weighted by Crippen LogP contribution is -2.33. The Labute approximate surface area is 181 Å². The topological polar surface area (TPSA) is 88.9 Å². The van der Waals surface area contributed by atoms with Crippen molar-refractivity contribution in [3.05, 3.63) is 88.3 Å². The van der Waals surface area contributed by atoms with Gasteiger partial charge >= 0.3 is 5.97 Å². The van der Waals surface area contributed by atoms with Gasteiger partial charge in [0.15, 0.2) is 10.4 Å². The van der Waals surface area contributed by atoms with E-state index in [1.807, 2.05) is 30.3 Å². The van der Waals surface area contributed by atoms with Crippen molar-refractivity contribution in [2.45, 2.75) is 6.61 Å². The van der Waals surface area contributed by atoms with Crippen molar-refractivity contribution in [1.82, 2.24) is 5.32 Å². The molecule has 1 aromatic heterocycles. The number of ether oxygens (including phenoxy) is 1. The molecule has 0 radical (unpaired) electrons. The Kier molecular flexibility index (Phi) is 7.03. The molecule has 0 saturated heterocycles. The van der Waals surface area contributed by atoms with Gasteiger partial charge in [-0.3, -0.25) is 14.4 Å². The van der Waals surface area contributed by atoms with Crippen LogP contribution in [0.3, 0.4) is 0 Å². The number of benzene rings is 2. The average molecular weight is 471 g/mol. The molecule has 7 nitrogen and oxygen atoms in total. The summed E-state index contributed by atoms with van der Waals surface area (Å²) in [5, 5.41) is 2.53. The number of carbonyl (C=O) groups is 3. The Morgan fingerprint density at radius 2 is 1.70 bits per heavy atom. The summed E-state index contributed by atoms with van der Waals surface area (Å²) in [6.07, 6.45) is 0. The molecule has 0 fully saturated rings. The fraction of sp³-hybridized carbons (Fsp3) is 0.136. The van der Waals surface area contributed by atoms with Crippen molar-refractivity contribution in [3.63, 3.8) is 0 Å². The first-order valence-electron chi connectivity index (χ1n) is 9.06. The van der Waals surface area contributed by atoms with Gasteiger partial charge in [-0.15, -0.1) is 0 Å². The van der Waals surface area contributed by atoms with Gasteiger partial charge in [-0.25, -0.2) is 0 Å². The largest absolute Gasteiger partial charge is 0.460 e. The molecular weight excluding hydrogens is 452 g/mol. The second-order valence-electron chi connectivity index (χ2n) is 6.31. The standard InChI is InChI=1S/C22H19BrN2O5/c1-25(22(28)18-11-12-19(23)30-18)17-10-6-5-9-16(17)21(27)24-13-20(26)29-14-15-7-3-2-4-8-15/h2-12H,13-14H2,1H3,(H,24,27). The van der Waals surface area contributed by atoms with Crippen LogP contribution in [-0.4, -0.2) is 31.4 Å². The monoisotopic (exact) mass is 470 g/mol. The molecule has 0 aliphatic rings. The zero-order valence-electron chi connectivity index (χ0n) is 16.1. The van der Waals surface area contributed by atoms with E-state index in [-0.39, 0.29) is 24.5 Å². The van der Waals surface area contributed by atoms with Crippen LogP contribution >= 0.6 is 15.9 Å². The molecule has 1 N–H and O–H groups in total. The van der Waals surface area contributed by atoms with Crippen LogP contribution < -0.4 is 10.2 Å². The van der Waals surface area contributed by atoms with E-state index in [9.17, 15) is 14.4 Å². The average Bonchev–Trinajstić information content (AvgIpc) is 3.22. The van der Waals surface area contributed by atoms with Gasteiger partial charge in [0.05, 0.1) is 11.3 Å². The molecule has 0 aliphatic carbocycles. The third kappa shape index (κ3) is 5.36. The van der Waals surface area contributed by atoms with Crippen LogP contribution in [0.2, 0.25) is 0 Å². The number of esters is 1. The molecule has 8 heteroatoms. The summed E-state index contributed by atoms with van der Waals surface area (Å²) in [7, 11) is 1.54. The fourth-order valence-corrected chi connectivity index (χ4v) is 3.01. The lowest BCUT2D eigenvalue weighted by molar-refractivity contribution is -0.143. The summed E-state index contributed by atoms with van der Waals surface area (Å²) in [5.41, 5.74) is 1.48. The van der Waals surface area contributed by atoms with Crippen molar-refractivity contribution in [2.24, 2.45) is 0 Å². The minimum atomic E-state index is -0.561. The second-order valence-corrected chi connectivity index (χ2v) is 7.10. The third-order valence-electron chi connectivity index (χ3n) is 4.23. The van der Waals surface area contributed by atoms with Gasteiger partial charge in [0.2, 0.25) is 0 Å². The molecular formula is C22H19BrN2O5. The van der Waals surface area contributed by atoms with Gasteiger partial charge in [-0.1, -0.05) is 42.5 Å². The number of para-hydroxylation sites is 1.